The molecule has 1 amide bonds. The Morgan fingerprint density at radius 1 is 1.16 bits per heavy atom. The van der Waals surface area contributed by atoms with Gasteiger partial charge in [-0.15, -0.1) is 0 Å². The van der Waals surface area contributed by atoms with E-state index in [0.29, 0.717) is 28.1 Å². The molecule has 0 atom stereocenters. The van der Waals surface area contributed by atoms with Crippen molar-refractivity contribution >= 4 is 51.5 Å². The lowest BCUT2D eigenvalue weighted by Gasteiger charge is -2.14. The number of H-pyrrole nitrogens is 1. The molecule has 8 nitrogen and oxygen atoms in total. The van der Waals surface area contributed by atoms with Gasteiger partial charge in [-0.1, -0.05) is 23.7 Å². The zero-order valence-electron chi connectivity index (χ0n) is 21.2. The quantitative estimate of drug-likeness (QED) is 0.252. The van der Waals surface area contributed by atoms with Gasteiger partial charge in [0, 0.05) is 11.6 Å². The van der Waals surface area contributed by atoms with E-state index in [-0.39, 0.29) is 40.7 Å². The van der Waals surface area contributed by atoms with Crippen molar-refractivity contribution in [3.8, 4) is 11.4 Å². The Hall–Kier alpha value is -4.24. The molecule has 5 aromatic rings. The third-order valence-corrected chi connectivity index (χ3v) is 6.63. The molecule has 2 heterocycles. The number of methoxy groups -OCH3 is 1. The molecule has 194 valence electrons. The minimum atomic E-state index is -0.491. The number of carbonyl (C=O) groups excluding carboxylic acids is 2. The monoisotopic (exact) mass is 533 g/mol. The number of aromatic nitrogens is 4. The molecule has 0 aliphatic carbocycles. The Balaban J connectivity index is 1.50. The predicted octanol–water partition coefficient (Wildman–Crippen LogP) is 6.23. The number of nitrogens with one attached hydrogen (secondary N) is 2. The number of amides is 1. The maximum Gasteiger partial charge on any atom is 0.309 e. The minimum Gasteiger partial charge on any atom is -0.469 e. The van der Waals surface area contributed by atoms with Crippen molar-refractivity contribution < 1.29 is 18.7 Å². The lowest BCUT2D eigenvalue weighted by molar-refractivity contribution is -0.139. The van der Waals surface area contributed by atoms with E-state index in [2.05, 4.69) is 20.3 Å². The van der Waals surface area contributed by atoms with Gasteiger partial charge >= 0.3 is 5.97 Å². The van der Waals surface area contributed by atoms with Crippen molar-refractivity contribution in [1.29, 1.82) is 0 Å². The maximum absolute atomic E-state index is 14.5. The fourth-order valence-electron chi connectivity index (χ4n) is 4.54. The van der Waals surface area contributed by atoms with Crippen LogP contribution in [0.1, 0.15) is 41.4 Å². The number of hydrogen-bond acceptors (Lipinski definition) is 5. The number of fused-ring (bicyclic) bond motifs is 2. The number of nitrogens with zero attached hydrogens (tertiary/aromatic N) is 3. The Labute approximate surface area is 222 Å². The molecule has 0 saturated carbocycles. The van der Waals surface area contributed by atoms with Crippen molar-refractivity contribution in [3.05, 3.63) is 76.1 Å². The van der Waals surface area contributed by atoms with Gasteiger partial charge in [-0.25, -0.2) is 14.4 Å². The van der Waals surface area contributed by atoms with Gasteiger partial charge in [0.05, 0.1) is 46.2 Å². The molecule has 0 fully saturated rings. The van der Waals surface area contributed by atoms with E-state index < -0.39 is 5.82 Å². The maximum atomic E-state index is 14.5. The first kappa shape index (κ1) is 25.4. The molecule has 2 N–H and O–H groups in total. The minimum absolute atomic E-state index is 0.00616. The summed E-state index contributed by atoms with van der Waals surface area (Å²) in [5, 5.41) is 3.16. The zero-order chi connectivity index (χ0) is 27.1. The van der Waals surface area contributed by atoms with Gasteiger partial charge in [0.2, 0.25) is 5.95 Å². The first-order valence-corrected chi connectivity index (χ1v) is 12.4. The average molecular weight is 534 g/mol. The molecule has 0 bridgehead atoms. The van der Waals surface area contributed by atoms with Gasteiger partial charge in [-0.2, -0.15) is 0 Å². The van der Waals surface area contributed by atoms with Gasteiger partial charge in [0.15, 0.2) is 0 Å². The molecule has 5 rings (SSSR count). The first-order chi connectivity index (χ1) is 18.2. The molecule has 0 aliphatic heterocycles. The van der Waals surface area contributed by atoms with Crippen LogP contribution in [-0.4, -0.2) is 38.5 Å². The second-order valence-corrected chi connectivity index (χ2v) is 9.71. The highest BCUT2D eigenvalue weighted by molar-refractivity contribution is 6.33. The Bertz CT molecular complexity index is 1700. The summed E-state index contributed by atoms with van der Waals surface area (Å²) in [4.78, 5) is 37.3. The second kappa shape index (κ2) is 9.90. The van der Waals surface area contributed by atoms with E-state index in [1.54, 1.807) is 18.2 Å². The fraction of sp³-hybridized carbons (Fsp3) is 0.214. The van der Waals surface area contributed by atoms with Crippen LogP contribution in [0.5, 0.6) is 0 Å². The van der Waals surface area contributed by atoms with Crippen molar-refractivity contribution in [2.45, 2.75) is 33.2 Å². The van der Waals surface area contributed by atoms with E-state index in [1.165, 1.54) is 19.2 Å². The molecule has 0 aliphatic rings. The molecule has 10 heteroatoms. The smallest absolute Gasteiger partial charge is 0.309 e. The molecule has 0 unspecified atom stereocenters. The summed E-state index contributed by atoms with van der Waals surface area (Å²) in [5.74, 6) is -0.521. The highest BCUT2D eigenvalue weighted by atomic mass is 35.5. The normalized spacial score (nSPS) is 11.4. The summed E-state index contributed by atoms with van der Waals surface area (Å²) in [6, 6.07) is 13.4. The summed E-state index contributed by atoms with van der Waals surface area (Å²) in [5.41, 5.74) is 4.75. The van der Waals surface area contributed by atoms with Crippen LogP contribution in [0.25, 0.3) is 33.5 Å². The van der Waals surface area contributed by atoms with Crippen molar-refractivity contribution in [3.63, 3.8) is 0 Å². The van der Waals surface area contributed by atoms with Gasteiger partial charge in [0.25, 0.3) is 5.91 Å². The number of esters is 1. The van der Waals surface area contributed by atoms with E-state index in [1.807, 2.05) is 43.5 Å². The number of aromatic amines is 1. The number of hydrogen-bond donors (Lipinski definition) is 2. The SMILES string of the molecule is COC(=O)Cc1ccc2c(c1)nc(NC(=O)c1cc(C)c3nc(-c4c(F)cccc4Cl)[nH]c3c1)n2C(C)C. The standard InChI is InChI=1S/C28H25ClFN5O3/c1-14(2)35-22-9-8-16(12-23(36)38-4)11-20(22)32-28(35)34-27(37)17-10-15(3)25-21(13-17)31-26(33-25)24-18(29)6-5-7-19(24)30/h5-11,13-14H,12H2,1-4H3,(H,31,33)(H,32,34,37). The topological polar surface area (TPSA) is 102 Å². The summed E-state index contributed by atoms with van der Waals surface area (Å²) >= 11 is 6.22. The highest BCUT2D eigenvalue weighted by Crippen LogP contribution is 2.31. The van der Waals surface area contributed by atoms with E-state index >= 15 is 0 Å². The lowest BCUT2D eigenvalue weighted by Crippen LogP contribution is -2.17. The largest absolute Gasteiger partial charge is 0.469 e. The van der Waals surface area contributed by atoms with Crippen molar-refractivity contribution in [2.24, 2.45) is 0 Å². The van der Waals surface area contributed by atoms with Gasteiger partial charge < -0.3 is 14.3 Å². The van der Waals surface area contributed by atoms with E-state index in [4.69, 9.17) is 16.3 Å². The first-order valence-electron chi connectivity index (χ1n) is 12.0. The highest BCUT2D eigenvalue weighted by Gasteiger charge is 2.20. The number of anilines is 1. The van der Waals surface area contributed by atoms with Crippen LogP contribution in [0, 0.1) is 12.7 Å². The lowest BCUT2D eigenvalue weighted by atomic mass is 10.1. The number of halogens is 2. The molecule has 2 aromatic heterocycles. The van der Waals surface area contributed by atoms with Crippen LogP contribution in [0.4, 0.5) is 10.3 Å². The van der Waals surface area contributed by atoms with Gasteiger partial charge in [-0.3, -0.25) is 14.9 Å². The number of carbonyl (C=O) groups is 2. The number of benzene rings is 3. The Kier molecular flexibility index (Phi) is 6.62. The number of imidazole rings is 2. The summed E-state index contributed by atoms with van der Waals surface area (Å²) < 4.78 is 21.2. The van der Waals surface area contributed by atoms with Crippen LogP contribution in [0.2, 0.25) is 5.02 Å². The fourth-order valence-corrected chi connectivity index (χ4v) is 4.79. The van der Waals surface area contributed by atoms with Gasteiger partial charge in [0.1, 0.15) is 11.6 Å². The van der Waals surface area contributed by atoms with Crippen LogP contribution < -0.4 is 5.32 Å². The zero-order valence-corrected chi connectivity index (χ0v) is 22.0. The second-order valence-electron chi connectivity index (χ2n) is 9.30. The number of ether oxygens (including phenoxy) is 1. The molecule has 0 saturated heterocycles. The Morgan fingerprint density at radius 2 is 1.95 bits per heavy atom. The average Bonchev–Trinajstić information content (AvgIpc) is 3.45. The summed E-state index contributed by atoms with van der Waals surface area (Å²) in [6.45, 7) is 5.82. The molecule has 0 spiro atoms. The van der Waals surface area contributed by atoms with Crippen LogP contribution >= 0.6 is 11.6 Å². The van der Waals surface area contributed by atoms with Crippen LogP contribution in [0.15, 0.2) is 48.5 Å². The Morgan fingerprint density at radius 3 is 2.66 bits per heavy atom. The molecular weight excluding hydrogens is 509 g/mol. The van der Waals surface area contributed by atoms with Crippen molar-refractivity contribution in [2.75, 3.05) is 12.4 Å². The molecule has 3 aromatic carbocycles. The molecule has 0 radical (unpaired) electrons. The third kappa shape index (κ3) is 4.61. The van der Waals surface area contributed by atoms with E-state index in [9.17, 15) is 14.0 Å². The number of aryl methyl sites for hydroxylation is 1. The summed E-state index contributed by atoms with van der Waals surface area (Å²) in [7, 11) is 1.35. The molecular formula is C28H25ClFN5O3. The van der Waals surface area contributed by atoms with Crippen LogP contribution in [-0.2, 0) is 16.0 Å². The van der Waals surface area contributed by atoms with E-state index in [0.717, 1.165) is 16.6 Å². The predicted molar refractivity (Wildman–Crippen MR) is 145 cm³/mol. The van der Waals surface area contributed by atoms with Gasteiger partial charge in [-0.05, 0) is 68.3 Å². The van der Waals surface area contributed by atoms with Crippen molar-refractivity contribution in [1.82, 2.24) is 19.5 Å². The molecule has 38 heavy (non-hydrogen) atoms. The summed E-state index contributed by atoms with van der Waals surface area (Å²) in [6.07, 6.45) is 0.131. The van der Waals surface area contributed by atoms with Crippen LogP contribution in [0.3, 0.4) is 0 Å². The third-order valence-electron chi connectivity index (χ3n) is 6.31. The number of rotatable bonds is 6.